The SMILES string of the molecule is CCCCN(C(=O)CN1C[C@H](c2cc(OC)c3c(c2)OCO3)[C@@H](C(=O)O)[C@@H]1CCc1ncco1)c1ccc[n+](C)c1. The third-order valence-corrected chi connectivity index (χ3v) is 7.89. The van der Waals surface area contributed by atoms with E-state index in [0.29, 0.717) is 49.1 Å². The number of carboxylic acid groups (broad SMARTS) is 1. The number of rotatable bonds is 12. The van der Waals surface area contributed by atoms with Gasteiger partial charge in [-0.25, -0.2) is 9.55 Å². The van der Waals surface area contributed by atoms with Gasteiger partial charge in [-0.2, -0.15) is 0 Å². The molecule has 5 rings (SSSR count). The summed E-state index contributed by atoms with van der Waals surface area (Å²) < 4.78 is 24.1. The topological polar surface area (TPSA) is 118 Å². The number of aryl methyl sites for hydroxylation is 2. The van der Waals surface area contributed by atoms with E-state index in [9.17, 15) is 14.7 Å². The number of carbonyl (C=O) groups excluding carboxylic acids is 1. The minimum absolute atomic E-state index is 0.0705. The quantitative estimate of drug-likeness (QED) is 0.330. The summed E-state index contributed by atoms with van der Waals surface area (Å²) in [5, 5.41) is 10.5. The number of aliphatic carboxylic acids is 1. The fraction of sp³-hybridized carbons (Fsp3) is 0.467. The minimum Gasteiger partial charge on any atom is -0.493 e. The molecule has 41 heavy (non-hydrogen) atoms. The average Bonchev–Trinajstić information content (AvgIpc) is 3.72. The van der Waals surface area contributed by atoms with Gasteiger partial charge in [-0.3, -0.25) is 14.5 Å². The van der Waals surface area contributed by atoms with Crippen LogP contribution < -0.4 is 23.7 Å². The van der Waals surface area contributed by atoms with Crippen LogP contribution in [0, 0.1) is 5.92 Å². The second kappa shape index (κ2) is 12.6. The number of ether oxygens (including phenoxy) is 3. The maximum atomic E-state index is 13.9. The van der Waals surface area contributed by atoms with Gasteiger partial charge in [0, 0.05) is 37.5 Å². The number of pyridine rings is 1. The van der Waals surface area contributed by atoms with E-state index in [1.165, 1.54) is 6.26 Å². The van der Waals surface area contributed by atoms with Crippen molar-refractivity contribution in [2.24, 2.45) is 13.0 Å². The smallest absolute Gasteiger partial charge is 0.308 e. The Hall–Kier alpha value is -4.12. The molecule has 2 aliphatic heterocycles. The first-order valence-electron chi connectivity index (χ1n) is 14.0. The summed E-state index contributed by atoms with van der Waals surface area (Å²) in [5.41, 5.74) is 1.59. The van der Waals surface area contributed by atoms with E-state index in [-0.39, 0.29) is 19.2 Å². The van der Waals surface area contributed by atoms with Crippen molar-refractivity contribution in [1.82, 2.24) is 9.88 Å². The number of amides is 1. The second-order valence-electron chi connectivity index (χ2n) is 10.5. The van der Waals surface area contributed by atoms with E-state index in [1.807, 2.05) is 53.2 Å². The number of hydrogen-bond donors (Lipinski definition) is 1. The predicted molar refractivity (Wildman–Crippen MR) is 148 cm³/mol. The Morgan fingerprint density at radius 2 is 2.15 bits per heavy atom. The summed E-state index contributed by atoms with van der Waals surface area (Å²) in [6.07, 6.45) is 9.66. The van der Waals surface area contributed by atoms with E-state index in [0.717, 1.165) is 24.1 Å². The Balaban J connectivity index is 1.47. The molecule has 0 radical (unpaired) electrons. The lowest BCUT2D eigenvalue weighted by molar-refractivity contribution is -0.670. The van der Waals surface area contributed by atoms with Crippen LogP contribution in [0.15, 0.2) is 53.5 Å². The van der Waals surface area contributed by atoms with Crippen LogP contribution in [0.4, 0.5) is 5.69 Å². The first-order valence-corrected chi connectivity index (χ1v) is 14.0. The van der Waals surface area contributed by atoms with Crippen LogP contribution in [0.25, 0.3) is 0 Å². The number of carboxylic acids is 1. The van der Waals surface area contributed by atoms with Crippen molar-refractivity contribution in [2.75, 3.05) is 38.4 Å². The van der Waals surface area contributed by atoms with Crippen LogP contribution in [0.3, 0.4) is 0 Å². The number of aromatic nitrogens is 2. The number of carbonyl (C=O) groups is 2. The normalized spacial score (nSPS) is 19.8. The Kier molecular flexibility index (Phi) is 8.72. The molecule has 2 aliphatic rings. The van der Waals surface area contributed by atoms with Crippen LogP contribution in [0.1, 0.15) is 43.6 Å². The summed E-state index contributed by atoms with van der Waals surface area (Å²) in [7, 11) is 3.47. The first-order chi connectivity index (χ1) is 19.9. The van der Waals surface area contributed by atoms with Gasteiger partial charge in [-0.05, 0) is 36.6 Å². The number of unbranched alkanes of at least 4 members (excludes halogenated alkanes) is 1. The number of oxazole rings is 1. The molecule has 1 fully saturated rings. The van der Waals surface area contributed by atoms with Gasteiger partial charge in [-0.15, -0.1) is 0 Å². The van der Waals surface area contributed by atoms with Crippen molar-refractivity contribution >= 4 is 17.6 Å². The molecule has 4 heterocycles. The number of likely N-dealkylation sites (tertiary alicyclic amines) is 1. The Bertz CT molecular complexity index is 1360. The molecule has 3 aromatic rings. The molecule has 3 atom stereocenters. The third-order valence-electron chi connectivity index (χ3n) is 7.89. The van der Waals surface area contributed by atoms with E-state index in [1.54, 1.807) is 18.2 Å². The zero-order valence-electron chi connectivity index (χ0n) is 23.7. The lowest BCUT2D eigenvalue weighted by atomic mass is 9.83. The van der Waals surface area contributed by atoms with Crippen LogP contribution in [-0.4, -0.2) is 66.4 Å². The van der Waals surface area contributed by atoms with Crippen LogP contribution in [0.5, 0.6) is 17.2 Å². The van der Waals surface area contributed by atoms with E-state index < -0.39 is 23.8 Å². The fourth-order valence-corrected chi connectivity index (χ4v) is 5.91. The Morgan fingerprint density at radius 3 is 2.85 bits per heavy atom. The van der Waals surface area contributed by atoms with Gasteiger partial charge in [0.2, 0.25) is 18.4 Å². The number of hydrogen-bond acceptors (Lipinski definition) is 8. The number of methoxy groups -OCH3 is 1. The van der Waals surface area contributed by atoms with E-state index in [4.69, 9.17) is 18.6 Å². The summed E-state index contributed by atoms with van der Waals surface area (Å²) in [6, 6.07) is 7.07. The molecule has 0 aliphatic carbocycles. The standard InChI is InChI=1S/C30H36N4O7/c1-4-5-12-34(21-7-6-11-32(2)16-21)27(35)18-33-17-22(20-14-24(38-3)29-25(15-20)40-19-41-29)28(30(36)37)23(33)8-9-26-31-10-13-39-26/h6-7,10-11,13-16,22-23,28H,4-5,8-9,12,17-19H2,1-3H3/p+1/t22-,23+,28-/m1/s1. The van der Waals surface area contributed by atoms with Crippen molar-refractivity contribution in [3.63, 3.8) is 0 Å². The number of benzene rings is 1. The summed E-state index contributed by atoms with van der Waals surface area (Å²) >= 11 is 0. The van der Waals surface area contributed by atoms with Gasteiger partial charge >= 0.3 is 5.97 Å². The summed E-state index contributed by atoms with van der Waals surface area (Å²) in [4.78, 5) is 34.8. The molecule has 1 saturated heterocycles. The molecule has 0 spiro atoms. The molecule has 218 valence electrons. The lowest BCUT2D eigenvalue weighted by Crippen LogP contribution is -2.45. The lowest BCUT2D eigenvalue weighted by Gasteiger charge is -2.29. The van der Waals surface area contributed by atoms with Crippen molar-refractivity contribution in [1.29, 1.82) is 0 Å². The number of fused-ring (bicyclic) bond motifs is 1. The Labute approximate surface area is 239 Å². The van der Waals surface area contributed by atoms with Crippen molar-refractivity contribution in [2.45, 2.75) is 44.6 Å². The molecule has 0 unspecified atom stereocenters. The zero-order valence-corrected chi connectivity index (χ0v) is 23.7. The summed E-state index contributed by atoms with van der Waals surface area (Å²) in [6.45, 7) is 3.22. The van der Waals surface area contributed by atoms with Crippen LogP contribution >= 0.6 is 0 Å². The minimum atomic E-state index is -0.920. The van der Waals surface area contributed by atoms with Crippen LogP contribution in [0.2, 0.25) is 0 Å². The highest BCUT2D eigenvalue weighted by atomic mass is 16.7. The predicted octanol–water partition coefficient (Wildman–Crippen LogP) is 3.17. The molecule has 11 heteroatoms. The highest BCUT2D eigenvalue weighted by Crippen LogP contribution is 2.47. The molecule has 0 bridgehead atoms. The maximum absolute atomic E-state index is 13.9. The molecular formula is C30H37N4O7+. The molecule has 1 aromatic carbocycles. The van der Waals surface area contributed by atoms with Gasteiger partial charge in [-0.1, -0.05) is 13.3 Å². The van der Waals surface area contributed by atoms with Gasteiger partial charge in [0.25, 0.3) is 0 Å². The molecule has 0 saturated carbocycles. The molecule has 11 nitrogen and oxygen atoms in total. The van der Waals surface area contributed by atoms with Crippen LogP contribution in [-0.2, 0) is 23.1 Å². The Morgan fingerprint density at radius 1 is 1.29 bits per heavy atom. The summed E-state index contributed by atoms with van der Waals surface area (Å²) in [5.74, 6) is -0.107. The largest absolute Gasteiger partial charge is 0.493 e. The van der Waals surface area contributed by atoms with Crippen molar-refractivity contribution in [3.8, 4) is 17.2 Å². The highest BCUT2D eigenvalue weighted by Gasteiger charge is 2.47. The highest BCUT2D eigenvalue weighted by molar-refractivity contribution is 5.94. The second-order valence-corrected chi connectivity index (χ2v) is 10.5. The maximum Gasteiger partial charge on any atom is 0.308 e. The number of nitrogens with zero attached hydrogens (tertiary/aromatic N) is 4. The van der Waals surface area contributed by atoms with Gasteiger partial charge in [0.15, 0.2) is 29.8 Å². The third kappa shape index (κ3) is 6.14. The molecule has 2 aromatic heterocycles. The molecular weight excluding hydrogens is 528 g/mol. The van der Waals surface area contributed by atoms with Gasteiger partial charge < -0.3 is 28.6 Å². The zero-order chi connectivity index (χ0) is 28.9. The number of anilines is 1. The molecule has 1 amide bonds. The fourth-order valence-electron chi connectivity index (χ4n) is 5.91. The first kappa shape index (κ1) is 28.4. The monoisotopic (exact) mass is 565 g/mol. The van der Waals surface area contributed by atoms with Gasteiger partial charge in [0.05, 0.1) is 25.8 Å². The van der Waals surface area contributed by atoms with Gasteiger partial charge in [0.1, 0.15) is 19.0 Å². The van der Waals surface area contributed by atoms with Crippen molar-refractivity contribution in [3.05, 3.63) is 60.6 Å². The van der Waals surface area contributed by atoms with E-state index >= 15 is 0 Å². The van der Waals surface area contributed by atoms with Crippen molar-refractivity contribution < 1.29 is 37.9 Å². The molecule has 1 N–H and O–H groups in total. The van der Waals surface area contributed by atoms with E-state index in [2.05, 4.69) is 11.9 Å². The average molecular weight is 566 g/mol.